The average molecular weight is 199 g/mol. The number of likely N-dealkylation sites (N-methyl/N-ethyl adjacent to an activating group) is 1. The fourth-order valence-corrected chi connectivity index (χ4v) is 0.141. The van der Waals surface area contributed by atoms with Gasteiger partial charge >= 0.3 is 0 Å². The van der Waals surface area contributed by atoms with E-state index in [0.29, 0.717) is 0 Å². The van der Waals surface area contributed by atoms with Gasteiger partial charge in [-0.2, -0.15) is 4.21 Å². The molecule has 12 heavy (non-hydrogen) atoms. The molecule has 0 aliphatic heterocycles. The first-order chi connectivity index (χ1) is 5.24. The van der Waals surface area contributed by atoms with Crippen LogP contribution in [0.4, 0.5) is 0 Å². The van der Waals surface area contributed by atoms with E-state index in [1.54, 1.807) is 0 Å². The van der Waals surface area contributed by atoms with Crippen LogP contribution in [-0.2, 0) is 11.4 Å². The molecule has 0 aromatic rings. The van der Waals surface area contributed by atoms with Crippen LogP contribution in [0.1, 0.15) is 13.8 Å². The molecule has 3 N–H and O–H groups in total. The molecule has 76 valence electrons. The lowest BCUT2D eigenvalue weighted by molar-refractivity contribution is 0.100. The number of aliphatic hydroxyl groups is 1. The fourth-order valence-electron chi connectivity index (χ4n) is 0.141. The monoisotopic (exact) mass is 199 g/mol. The third kappa shape index (κ3) is 9.99. The van der Waals surface area contributed by atoms with Crippen molar-refractivity contribution in [2.24, 2.45) is 0 Å². The van der Waals surface area contributed by atoms with Crippen LogP contribution < -0.4 is 0 Å². The van der Waals surface area contributed by atoms with E-state index in [2.05, 4.69) is 0 Å². The molecule has 0 bridgehead atoms. The van der Waals surface area contributed by atoms with Gasteiger partial charge in [0.2, 0.25) is 0 Å². The molecular formula is C6H17NO4S. The maximum Gasteiger partial charge on any atom is 0.299 e. The van der Waals surface area contributed by atoms with Gasteiger partial charge in [0.1, 0.15) is 0 Å². The van der Waals surface area contributed by atoms with Crippen molar-refractivity contribution in [3.05, 3.63) is 0 Å². The van der Waals surface area contributed by atoms with Crippen LogP contribution in [0.5, 0.6) is 0 Å². The van der Waals surface area contributed by atoms with Crippen LogP contribution >= 0.6 is 0 Å². The summed E-state index contributed by atoms with van der Waals surface area (Å²) in [6.07, 6.45) is 0. The summed E-state index contributed by atoms with van der Waals surface area (Å²) in [7, 11) is 3.91. The third-order valence-corrected chi connectivity index (χ3v) is 1.60. The molecule has 0 radical (unpaired) electrons. The van der Waals surface area contributed by atoms with Crippen molar-refractivity contribution >= 4 is 11.4 Å². The highest BCUT2D eigenvalue weighted by molar-refractivity contribution is 7.73. The lowest BCUT2D eigenvalue weighted by Gasteiger charge is -2.29. The zero-order valence-electron chi connectivity index (χ0n) is 7.81. The molecule has 6 heteroatoms. The number of hydrogen-bond acceptors (Lipinski definition) is 3. The van der Waals surface area contributed by atoms with Crippen molar-refractivity contribution < 1.29 is 18.4 Å². The predicted octanol–water partition coefficient (Wildman–Crippen LogP) is -0.000000000000000111. The Morgan fingerprint density at radius 2 is 1.58 bits per heavy atom. The van der Waals surface area contributed by atoms with E-state index in [1.165, 1.54) is 0 Å². The Morgan fingerprint density at radius 1 is 1.33 bits per heavy atom. The zero-order valence-corrected chi connectivity index (χ0v) is 8.63. The first-order valence-electron chi connectivity index (χ1n) is 3.32. The third-order valence-electron chi connectivity index (χ3n) is 1.60. The van der Waals surface area contributed by atoms with Gasteiger partial charge in [0.05, 0.1) is 6.61 Å². The molecule has 0 saturated carbocycles. The minimum atomic E-state index is -2.61. The smallest absolute Gasteiger partial charge is 0.299 e. The zero-order chi connectivity index (χ0) is 10.4. The van der Waals surface area contributed by atoms with Gasteiger partial charge in [-0.1, -0.05) is 0 Å². The van der Waals surface area contributed by atoms with Crippen LogP contribution in [0.3, 0.4) is 0 Å². The van der Waals surface area contributed by atoms with E-state index >= 15 is 0 Å². The van der Waals surface area contributed by atoms with Crippen LogP contribution in [0.25, 0.3) is 0 Å². The van der Waals surface area contributed by atoms with Gasteiger partial charge in [0, 0.05) is 5.54 Å². The summed E-state index contributed by atoms with van der Waals surface area (Å²) in [6.45, 7) is 4.19. The maximum absolute atomic E-state index is 8.72. The Hall–Kier alpha value is -0.0100. The molecule has 0 rings (SSSR count). The Labute approximate surface area is 75.5 Å². The predicted molar refractivity (Wildman–Crippen MR) is 48.3 cm³/mol. The minimum Gasteiger partial charge on any atom is -0.394 e. The van der Waals surface area contributed by atoms with Gasteiger partial charge in [0.15, 0.2) is 0 Å². The summed E-state index contributed by atoms with van der Waals surface area (Å²) >= 11 is -2.61. The van der Waals surface area contributed by atoms with Crippen molar-refractivity contribution in [2.75, 3.05) is 20.7 Å². The summed E-state index contributed by atoms with van der Waals surface area (Å²) in [6, 6.07) is 0. The molecular weight excluding hydrogens is 182 g/mol. The van der Waals surface area contributed by atoms with Gasteiger partial charge < -0.3 is 10.0 Å². The summed E-state index contributed by atoms with van der Waals surface area (Å²) < 4.78 is 22.8. The molecule has 0 atom stereocenters. The van der Waals surface area contributed by atoms with E-state index in [0.717, 1.165) is 0 Å². The molecule has 0 aromatic heterocycles. The van der Waals surface area contributed by atoms with E-state index in [-0.39, 0.29) is 12.1 Å². The maximum atomic E-state index is 8.72. The standard InChI is InChI=1S/C6H15NO.H2O3S/c1-6(2,5-8)7(3)4;1-4(2)3/h8H,5H2,1-4H3;(H2,1,2,3). The van der Waals surface area contributed by atoms with Gasteiger partial charge in [-0.25, -0.2) is 0 Å². The number of hydrogen-bond donors (Lipinski definition) is 3. The van der Waals surface area contributed by atoms with Crippen molar-refractivity contribution in [1.82, 2.24) is 4.90 Å². The second-order valence-electron chi connectivity index (χ2n) is 3.10. The lowest BCUT2D eigenvalue weighted by Crippen LogP contribution is -2.41. The molecule has 0 aromatic carbocycles. The first kappa shape index (κ1) is 14.5. The van der Waals surface area contributed by atoms with E-state index < -0.39 is 11.4 Å². The Balaban J connectivity index is 0. The van der Waals surface area contributed by atoms with Crippen molar-refractivity contribution in [1.29, 1.82) is 0 Å². The van der Waals surface area contributed by atoms with Gasteiger partial charge in [-0.3, -0.25) is 9.11 Å². The summed E-state index contributed by atoms with van der Waals surface area (Å²) in [5, 5.41) is 8.72. The Kier molecular flexibility index (Phi) is 7.86. The van der Waals surface area contributed by atoms with E-state index in [1.807, 2.05) is 32.8 Å². The molecule has 5 nitrogen and oxygen atoms in total. The molecule has 0 heterocycles. The van der Waals surface area contributed by atoms with Crippen molar-refractivity contribution in [2.45, 2.75) is 19.4 Å². The molecule has 0 spiro atoms. The molecule has 0 aliphatic carbocycles. The second kappa shape index (κ2) is 6.50. The van der Waals surface area contributed by atoms with Crippen molar-refractivity contribution in [3.63, 3.8) is 0 Å². The summed E-state index contributed by atoms with van der Waals surface area (Å²) in [5.74, 6) is 0. The SMILES string of the molecule is CN(C)C(C)(C)CO.O=S(O)O. The topological polar surface area (TPSA) is 81.0 Å². The van der Waals surface area contributed by atoms with Crippen LogP contribution in [0, 0.1) is 0 Å². The van der Waals surface area contributed by atoms with Crippen LogP contribution in [0.2, 0.25) is 0 Å². The van der Waals surface area contributed by atoms with E-state index in [4.69, 9.17) is 18.4 Å². The molecule has 0 fully saturated rings. The summed E-state index contributed by atoms with van der Waals surface area (Å²) in [4.78, 5) is 1.99. The number of nitrogens with zero attached hydrogens (tertiary/aromatic N) is 1. The lowest BCUT2D eigenvalue weighted by atomic mass is 10.1. The van der Waals surface area contributed by atoms with Crippen LogP contribution in [0.15, 0.2) is 0 Å². The van der Waals surface area contributed by atoms with Gasteiger partial charge in [-0.15, -0.1) is 0 Å². The minimum absolute atomic E-state index is 0.0694. The Morgan fingerprint density at radius 3 is 1.58 bits per heavy atom. The molecule has 0 unspecified atom stereocenters. The highest BCUT2D eigenvalue weighted by atomic mass is 32.2. The highest BCUT2D eigenvalue weighted by Gasteiger charge is 2.17. The average Bonchev–Trinajstić information content (AvgIpc) is 1.86. The quantitative estimate of drug-likeness (QED) is 0.545. The highest BCUT2D eigenvalue weighted by Crippen LogP contribution is 2.06. The molecule has 0 amide bonds. The first-order valence-corrected chi connectivity index (χ1v) is 4.38. The number of aliphatic hydroxyl groups excluding tert-OH is 1. The largest absolute Gasteiger partial charge is 0.394 e. The van der Waals surface area contributed by atoms with Gasteiger partial charge in [0.25, 0.3) is 11.4 Å². The van der Waals surface area contributed by atoms with E-state index in [9.17, 15) is 0 Å². The number of rotatable bonds is 2. The molecule has 0 saturated heterocycles. The van der Waals surface area contributed by atoms with Crippen molar-refractivity contribution in [3.8, 4) is 0 Å². The van der Waals surface area contributed by atoms with Gasteiger partial charge in [-0.05, 0) is 27.9 Å². The fraction of sp³-hybridized carbons (Fsp3) is 1.00. The summed E-state index contributed by atoms with van der Waals surface area (Å²) in [5.41, 5.74) is -0.0694. The Bertz CT molecular complexity index is 134. The molecule has 0 aliphatic rings. The van der Waals surface area contributed by atoms with Crippen LogP contribution in [-0.4, -0.2) is 49.6 Å². The second-order valence-corrected chi connectivity index (χ2v) is 3.56. The normalized spacial score (nSPS) is 11.4.